The lowest BCUT2D eigenvalue weighted by Crippen LogP contribution is -1.78. The summed E-state index contributed by atoms with van der Waals surface area (Å²) in [5, 5.41) is 13.2. The molecule has 0 fully saturated rings. The van der Waals surface area contributed by atoms with Gasteiger partial charge in [-0.2, -0.15) is 0 Å². The number of hydrogen-bond acceptors (Lipinski definition) is 1. The van der Waals surface area contributed by atoms with Gasteiger partial charge in [0.15, 0.2) is 0 Å². The van der Waals surface area contributed by atoms with E-state index in [1.807, 2.05) is 11.3 Å². The number of rotatable bonds is 0. The number of fused-ring (bicyclic) bond motifs is 7. The van der Waals surface area contributed by atoms with E-state index in [2.05, 4.69) is 97.1 Å². The van der Waals surface area contributed by atoms with E-state index in [0.29, 0.717) is 0 Å². The molecule has 0 N–H and O–H groups in total. The fraction of sp³-hybridized carbons (Fsp3) is 0. The summed E-state index contributed by atoms with van der Waals surface area (Å²) in [5.41, 5.74) is 0. The number of hydrogen-bond donors (Lipinski definition) is 0. The first-order chi connectivity index (χ1) is 14.3. The lowest BCUT2D eigenvalue weighted by molar-refractivity contribution is 1.80. The molecule has 0 saturated heterocycles. The van der Waals surface area contributed by atoms with Crippen molar-refractivity contribution in [2.24, 2.45) is 0 Å². The molecule has 0 atom stereocenters. The first-order valence-corrected chi connectivity index (χ1v) is 10.7. The molecule has 0 radical (unpaired) electrons. The van der Waals surface area contributed by atoms with Gasteiger partial charge in [-0.3, -0.25) is 0 Å². The number of benzene rings is 6. The van der Waals surface area contributed by atoms with Crippen molar-refractivity contribution >= 4 is 74.6 Å². The molecule has 0 unspecified atom stereocenters. The summed E-state index contributed by atoms with van der Waals surface area (Å²) in [5.74, 6) is 0. The smallest absolute Gasteiger partial charge is 0.0361 e. The summed E-state index contributed by atoms with van der Waals surface area (Å²) in [7, 11) is 0. The van der Waals surface area contributed by atoms with Crippen molar-refractivity contribution in [1.29, 1.82) is 0 Å². The third kappa shape index (κ3) is 2.25. The van der Waals surface area contributed by atoms with Gasteiger partial charge in [-0.1, -0.05) is 48.5 Å². The average Bonchev–Trinajstić information content (AvgIpc) is 3.09. The maximum atomic E-state index is 2.38. The van der Waals surface area contributed by atoms with Crippen LogP contribution < -0.4 is 0 Å². The zero-order valence-electron chi connectivity index (χ0n) is 15.6. The first kappa shape index (κ1) is 15.5. The van der Waals surface area contributed by atoms with Gasteiger partial charge in [0.1, 0.15) is 0 Å². The van der Waals surface area contributed by atoms with Crippen molar-refractivity contribution in [2.45, 2.75) is 0 Å². The highest BCUT2D eigenvalue weighted by Gasteiger charge is 2.09. The molecule has 7 rings (SSSR count). The minimum Gasteiger partial charge on any atom is -0.135 e. The Hall–Kier alpha value is -3.42. The predicted molar refractivity (Wildman–Crippen MR) is 129 cm³/mol. The summed E-state index contributed by atoms with van der Waals surface area (Å²) >= 11 is 1.90. The molecule has 0 spiro atoms. The van der Waals surface area contributed by atoms with Crippen LogP contribution >= 0.6 is 11.3 Å². The maximum absolute atomic E-state index is 2.38. The monoisotopic (exact) mass is 384 g/mol. The number of thiophene rings is 1. The second-order valence-corrected chi connectivity index (χ2v) is 8.98. The Morgan fingerprint density at radius 3 is 1.07 bits per heavy atom. The molecule has 1 heterocycles. The molecule has 0 aliphatic heterocycles. The van der Waals surface area contributed by atoms with E-state index in [4.69, 9.17) is 0 Å². The van der Waals surface area contributed by atoms with Crippen LogP contribution in [0.5, 0.6) is 0 Å². The van der Waals surface area contributed by atoms with Gasteiger partial charge in [0.2, 0.25) is 0 Å². The van der Waals surface area contributed by atoms with Crippen LogP contribution in [0.3, 0.4) is 0 Å². The first-order valence-electron chi connectivity index (χ1n) is 9.93. The molecule has 0 aliphatic rings. The Bertz CT molecular complexity index is 1620. The van der Waals surface area contributed by atoms with Crippen LogP contribution in [0.2, 0.25) is 0 Å². The van der Waals surface area contributed by atoms with E-state index in [9.17, 15) is 0 Å². The Balaban J connectivity index is 1.59. The van der Waals surface area contributed by atoms with E-state index in [1.54, 1.807) is 0 Å². The third-order valence-corrected chi connectivity index (χ3v) is 7.23. The van der Waals surface area contributed by atoms with Crippen LogP contribution in [0.4, 0.5) is 0 Å². The van der Waals surface area contributed by atoms with Crippen molar-refractivity contribution in [2.75, 3.05) is 0 Å². The summed E-state index contributed by atoms with van der Waals surface area (Å²) in [6, 6.07) is 36.0. The summed E-state index contributed by atoms with van der Waals surface area (Å²) in [4.78, 5) is 0. The van der Waals surface area contributed by atoms with Crippen molar-refractivity contribution < 1.29 is 0 Å². The zero-order chi connectivity index (χ0) is 18.9. The summed E-state index contributed by atoms with van der Waals surface area (Å²) < 4.78 is 2.73. The molecule has 0 amide bonds. The lowest BCUT2D eigenvalue weighted by atomic mass is 9.99. The van der Waals surface area contributed by atoms with Crippen molar-refractivity contribution in [3.8, 4) is 0 Å². The average molecular weight is 385 g/mol. The SMILES string of the molecule is c1ccc2cc3cc4c(cc3cc2c1)sc1cc2cc3ccccc3cc2cc14. The maximum Gasteiger partial charge on any atom is 0.0361 e. The van der Waals surface area contributed by atoms with E-state index in [-0.39, 0.29) is 0 Å². The summed E-state index contributed by atoms with van der Waals surface area (Å²) in [6.07, 6.45) is 0. The highest BCUT2D eigenvalue weighted by molar-refractivity contribution is 7.26. The topological polar surface area (TPSA) is 0 Å². The second kappa shape index (κ2) is 5.56. The molecule has 0 aliphatic carbocycles. The van der Waals surface area contributed by atoms with Gasteiger partial charge < -0.3 is 0 Å². The normalized spacial score (nSPS) is 12.1. The van der Waals surface area contributed by atoms with E-state index in [1.165, 1.54) is 63.3 Å². The second-order valence-electron chi connectivity index (χ2n) is 7.89. The van der Waals surface area contributed by atoms with Crippen LogP contribution in [0, 0.1) is 0 Å². The molecule has 6 aromatic carbocycles. The molecule has 7 aromatic rings. The molecule has 29 heavy (non-hydrogen) atoms. The van der Waals surface area contributed by atoms with Gasteiger partial charge in [-0.25, -0.2) is 0 Å². The fourth-order valence-corrected chi connectivity index (χ4v) is 5.82. The fourth-order valence-electron chi connectivity index (χ4n) is 4.65. The van der Waals surface area contributed by atoms with Crippen LogP contribution in [-0.2, 0) is 0 Å². The van der Waals surface area contributed by atoms with Crippen LogP contribution in [0.1, 0.15) is 0 Å². The lowest BCUT2D eigenvalue weighted by Gasteiger charge is -2.04. The Kier molecular flexibility index (Phi) is 2.97. The Morgan fingerprint density at radius 1 is 0.345 bits per heavy atom. The van der Waals surface area contributed by atoms with Gasteiger partial charge in [0.25, 0.3) is 0 Å². The molecule has 1 aromatic heterocycles. The Labute approximate surface area is 171 Å². The van der Waals surface area contributed by atoms with Crippen molar-refractivity contribution in [3.63, 3.8) is 0 Å². The zero-order valence-corrected chi connectivity index (χ0v) is 16.5. The highest BCUT2D eigenvalue weighted by atomic mass is 32.1. The minimum absolute atomic E-state index is 1.30. The van der Waals surface area contributed by atoms with Crippen LogP contribution in [-0.4, -0.2) is 0 Å². The molecule has 0 saturated carbocycles. The quantitative estimate of drug-likeness (QED) is 0.229. The highest BCUT2D eigenvalue weighted by Crippen LogP contribution is 2.39. The van der Waals surface area contributed by atoms with Crippen LogP contribution in [0.15, 0.2) is 97.1 Å². The third-order valence-electron chi connectivity index (χ3n) is 6.12. The molecular weight excluding hydrogens is 368 g/mol. The Morgan fingerprint density at radius 2 is 0.690 bits per heavy atom. The standard InChI is InChI=1S/C28H16S/c1-3-7-19-11-23-15-27-25(13-21(23)9-17(19)5-1)26-14-22-10-18-6-2-4-8-20(18)12-24(22)16-28(26)29-27/h1-16H. The van der Waals surface area contributed by atoms with Crippen LogP contribution in [0.25, 0.3) is 63.3 Å². The molecule has 1 heteroatoms. The van der Waals surface area contributed by atoms with Gasteiger partial charge in [-0.05, 0) is 91.6 Å². The van der Waals surface area contributed by atoms with E-state index < -0.39 is 0 Å². The molecule has 134 valence electrons. The molecular formula is C28H16S. The van der Waals surface area contributed by atoms with Crippen molar-refractivity contribution in [1.82, 2.24) is 0 Å². The minimum atomic E-state index is 1.30. The molecule has 0 bridgehead atoms. The van der Waals surface area contributed by atoms with E-state index in [0.717, 1.165) is 0 Å². The molecule has 0 nitrogen and oxygen atoms in total. The van der Waals surface area contributed by atoms with Gasteiger partial charge >= 0.3 is 0 Å². The van der Waals surface area contributed by atoms with Crippen molar-refractivity contribution in [3.05, 3.63) is 97.1 Å². The van der Waals surface area contributed by atoms with E-state index >= 15 is 0 Å². The summed E-state index contributed by atoms with van der Waals surface area (Å²) in [6.45, 7) is 0. The van der Waals surface area contributed by atoms with Gasteiger partial charge in [0, 0.05) is 20.2 Å². The van der Waals surface area contributed by atoms with Gasteiger partial charge in [0.05, 0.1) is 0 Å². The predicted octanol–water partition coefficient (Wildman–Crippen LogP) is 8.67. The largest absolute Gasteiger partial charge is 0.135 e. The van der Waals surface area contributed by atoms with Gasteiger partial charge in [-0.15, -0.1) is 11.3 Å².